The average Bonchev–Trinajstić information content (AvgIpc) is 2.75. The van der Waals surface area contributed by atoms with Crippen LogP contribution in [0.4, 0.5) is 0 Å². The van der Waals surface area contributed by atoms with E-state index in [0.29, 0.717) is 5.88 Å². The third-order valence-corrected chi connectivity index (χ3v) is 1.96. The monoisotopic (exact) mass is 283 g/mol. The molecule has 6 nitrogen and oxygen atoms in total. The van der Waals surface area contributed by atoms with E-state index in [4.69, 9.17) is 14.3 Å². The Morgan fingerprint density at radius 3 is 2.38 bits per heavy atom. The lowest BCUT2D eigenvalue weighted by Crippen LogP contribution is -1.83. The molecule has 0 aliphatic rings. The largest absolute Gasteiger partial charge is 0.436 e. The van der Waals surface area contributed by atoms with Crippen molar-refractivity contribution in [2.45, 2.75) is 0 Å². The molecule has 16 heavy (non-hydrogen) atoms. The first-order chi connectivity index (χ1) is 7.76. The van der Waals surface area contributed by atoms with Crippen molar-refractivity contribution < 1.29 is 14.3 Å². The first-order valence-electron chi connectivity index (χ1n) is 4.04. The molecule has 0 spiro atoms. The molecule has 82 valence electrons. The van der Waals surface area contributed by atoms with Crippen molar-refractivity contribution in [1.29, 1.82) is 0 Å². The van der Waals surface area contributed by atoms with Gasteiger partial charge in [0.05, 0.1) is 0 Å². The van der Waals surface area contributed by atoms with E-state index in [2.05, 4.69) is 31.3 Å². The summed E-state index contributed by atoms with van der Waals surface area (Å²) in [6.07, 6.45) is 1.77. The molecular formula is C9H6BrN3O3. The molecule has 0 aliphatic heterocycles. The molecular weight excluding hydrogens is 278 g/mol. The highest BCUT2D eigenvalue weighted by Gasteiger charge is 1.98. The Hall–Kier alpha value is -1.98. The molecule has 1 N–H and O–H groups in total. The van der Waals surface area contributed by atoms with E-state index in [1.807, 2.05) is 24.3 Å². The molecule has 0 saturated heterocycles. The van der Waals surface area contributed by atoms with Crippen LogP contribution in [0.1, 0.15) is 0 Å². The molecule has 0 saturated carbocycles. The lowest BCUT2D eigenvalue weighted by molar-refractivity contribution is -0.191. The third-order valence-electron chi connectivity index (χ3n) is 1.43. The Bertz CT molecular complexity index is 449. The second-order valence-corrected chi connectivity index (χ2v) is 3.36. The summed E-state index contributed by atoms with van der Waals surface area (Å²) in [5, 5.41) is 9.86. The van der Waals surface area contributed by atoms with Crippen molar-refractivity contribution in [2.24, 2.45) is 0 Å². The standard InChI is InChI=1S/C8H6BrN3O.CO2/c9-6-1-3-7(4-2-6)13-8-5-10-12-11-8;2-1-3/h1-5H,(H,10,11,12);. The van der Waals surface area contributed by atoms with Gasteiger partial charge in [-0.2, -0.15) is 19.9 Å². The molecule has 1 heterocycles. The minimum atomic E-state index is 0.250. The van der Waals surface area contributed by atoms with Crippen LogP contribution in [0.3, 0.4) is 0 Å². The molecule has 0 bridgehead atoms. The average molecular weight is 284 g/mol. The van der Waals surface area contributed by atoms with E-state index in [1.54, 1.807) is 0 Å². The summed E-state index contributed by atoms with van der Waals surface area (Å²) in [5.74, 6) is 1.19. The summed E-state index contributed by atoms with van der Waals surface area (Å²) in [6.45, 7) is 0. The smallest absolute Gasteiger partial charge is 0.373 e. The first-order valence-corrected chi connectivity index (χ1v) is 4.84. The summed E-state index contributed by atoms with van der Waals surface area (Å²) < 4.78 is 6.36. The van der Waals surface area contributed by atoms with Crippen molar-refractivity contribution in [3.8, 4) is 11.6 Å². The van der Waals surface area contributed by atoms with E-state index in [0.717, 1.165) is 10.2 Å². The predicted molar refractivity (Wildman–Crippen MR) is 55.6 cm³/mol. The molecule has 0 amide bonds. The van der Waals surface area contributed by atoms with Gasteiger partial charge in [0.2, 0.25) is 0 Å². The summed E-state index contributed by atoms with van der Waals surface area (Å²) >= 11 is 3.33. The number of hydrogen-bond acceptors (Lipinski definition) is 5. The summed E-state index contributed by atoms with van der Waals surface area (Å²) in [6, 6.07) is 7.49. The molecule has 1 aromatic heterocycles. The van der Waals surface area contributed by atoms with Gasteiger partial charge < -0.3 is 4.74 Å². The van der Waals surface area contributed by atoms with Crippen LogP contribution >= 0.6 is 15.9 Å². The zero-order valence-electron chi connectivity index (χ0n) is 7.88. The molecule has 2 aromatic rings. The molecule has 2 rings (SSSR count). The Kier molecular flexibility index (Phi) is 4.91. The Morgan fingerprint density at radius 2 is 1.88 bits per heavy atom. The van der Waals surface area contributed by atoms with Crippen LogP contribution in [-0.2, 0) is 9.59 Å². The Labute approximate surface area is 98.7 Å². The zero-order chi connectivity index (χ0) is 11.8. The fourth-order valence-corrected chi connectivity index (χ4v) is 1.13. The lowest BCUT2D eigenvalue weighted by atomic mass is 10.3. The Balaban J connectivity index is 0.000000386. The number of aromatic nitrogens is 3. The molecule has 0 aliphatic carbocycles. The van der Waals surface area contributed by atoms with E-state index in [1.165, 1.54) is 6.20 Å². The quantitative estimate of drug-likeness (QED) is 0.908. The number of aromatic amines is 1. The van der Waals surface area contributed by atoms with Crippen molar-refractivity contribution in [3.05, 3.63) is 34.9 Å². The molecule has 0 fully saturated rings. The summed E-state index contributed by atoms with van der Waals surface area (Å²) in [4.78, 5) is 16.2. The van der Waals surface area contributed by atoms with E-state index >= 15 is 0 Å². The Morgan fingerprint density at radius 1 is 1.25 bits per heavy atom. The predicted octanol–water partition coefficient (Wildman–Crippen LogP) is 1.78. The number of carbonyl (C=O) groups excluding carboxylic acids is 2. The van der Waals surface area contributed by atoms with E-state index in [9.17, 15) is 0 Å². The van der Waals surface area contributed by atoms with E-state index in [-0.39, 0.29) is 6.15 Å². The van der Waals surface area contributed by atoms with Crippen LogP contribution in [0.5, 0.6) is 11.6 Å². The highest BCUT2D eigenvalue weighted by Crippen LogP contribution is 2.20. The van der Waals surface area contributed by atoms with Gasteiger partial charge in [-0.3, -0.25) is 0 Å². The minimum Gasteiger partial charge on any atom is -0.436 e. The number of rotatable bonds is 2. The third kappa shape index (κ3) is 4.04. The first kappa shape index (κ1) is 12.1. The van der Waals surface area contributed by atoms with Gasteiger partial charge in [0.1, 0.15) is 11.9 Å². The lowest BCUT2D eigenvalue weighted by Gasteiger charge is -1.99. The van der Waals surface area contributed by atoms with Crippen LogP contribution in [0.25, 0.3) is 0 Å². The van der Waals surface area contributed by atoms with Crippen molar-refractivity contribution in [3.63, 3.8) is 0 Å². The van der Waals surface area contributed by atoms with Gasteiger partial charge in [-0.25, -0.2) is 0 Å². The van der Waals surface area contributed by atoms with Crippen LogP contribution < -0.4 is 4.74 Å². The van der Waals surface area contributed by atoms with Gasteiger partial charge in [0, 0.05) is 4.47 Å². The van der Waals surface area contributed by atoms with Crippen molar-refractivity contribution in [2.75, 3.05) is 0 Å². The molecule has 0 atom stereocenters. The highest BCUT2D eigenvalue weighted by atomic mass is 79.9. The molecule has 0 unspecified atom stereocenters. The van der Waals surface area contributed by atoms with E-state index < -0.39 is 0 Å². The normalized spacial score (nSPS) is 8.56. The molecule has 1 aromatic carbocycles. The molecule has 0 radical (unpaired) electrons. The number of ether oxygens (including phenoxy) is 1. The minimum absolute atomic E-state index is 0.250. The van der Waals surface area contributed by atoms with Crippen LogP contribution in [0.15, 0.2) is 34.9 Å². The van der Waals surface area contributed by atoms with Crippen LogP contribution in [0.2, 0.25) is 0 Å². The maximum Gasteiger partial charge on any atom is 0.373 e. The summed E-state index contributed by atoms with van der Waals surface area (Å²) in [5.41, 5.74) is 0. The SMILES string of the molecule is Brc1ccc(Oc2cn[nH]n2)cc1.O=C=O. The van der Waals surface area contributed by atoms with Gasteiger partial charge in [-0.05, 0) is 24.3 Å². The second kappa shape index (κ2) is 6.49. The van der Waals surface area contributed by atoms with Gasteiger partial charge in [0.15, 0.2) is 0 Å². The number of hydrogen-bond donors (Lipinski definition) is 1. The number of benzene rings is 1. The fraction of sp³-hybridized carbons (Fsp3) is 0. The van der Waals surface area contributed by atoms with Gasteiger partial charge in [-0.1, -0.05) is 15.9 Å². The number of nitrogens with zero attached hydrogens (tertiary/aromatic N) is 2. The van der Waals surface area contributed by atoms with Crippen LogP contribution in [-0.4, -0.2) is 21.6 Å². The maximum absolute atomic E-state index is 8.12. The number of halogens is 1. The van der Waals surface area contributed by atoms with Gasteiger partial charge in [0.25, 0.3) is 5.88 Å². The number of H-pyrrole nitrogens is 1. The van der Waals surface area contributed by atoms with Crippen molar-refractivity contribution >= 4 is 22.1 Å². The topological polar surface area (TPSA) is 84.9 Å². The zero-order valence-corrected chi connectivity index (χ0v) is 9.47. The fourth-order valence-electron chi connectivity index (χ4n) is 0.864. The maximum atomic E-state index is 8.12. The van der Waals surface area contributed by atoms with Crippen molar-refractivity contribution in [1.82, 2.24) is 15.4 Å². The summed E-state index contributed by atoms with van der Waals surface area (Å²) in [7, 11) is 0. The van der Waals surface area contributed by atoms with Gasteiger partial charge >= 0.3 is 6.15 Å². The molecule has 7 heteroatoms. The van der Waals surface area contributed by atoms with Crippen LogP contribution in [0, 0.1) is 0 Å². The number of nitrogens with one attached hydrogen (secondary N) is 1. The highest BCUT2D eigenvalue weighted by molar-refractivity contribution is 9.10. The second-order valence-electron chi connectivity index (χ2n) is 2.45. The van der Waals surface area contributed by atoms with Gasteiger partial charge in [-0.15, -0.1) is 5.10 Å².